The van der Waals surface area contributed by atoms with Crippen molar-refractivity contribution in [3.8, 4) is 11.5 Å². The molecule has 3 N–H and O–H groups in total. The fourth-order valence-corrected chi connectivity index (χ4v) is 1.45. The van der Waals surface area contributed by atoms with Crippen LogP contribution in [0.4, 0.5) is 0 Å². The van der Waals surface area contributed by atoms with Crippen LogP contribution in [0.5, 0.6) is 11.5 Å². The minimum absolute atomic E-state index is 0.0743. The number of hydrogen-bond donors (Lipinski definition) is 3. The summed E-state index contributed by atoms with van der Waals surface area (Å²) in [4.78, 5) is 22.7. The monoisotopic (exact) mass is 267 g/mol. The predicted octanol–water partition coefficient (Wildman–Crippen LogP) is 1.24. The van der Waals surface area contributed by atoms with Crippen LogP contribution in [0.1, 0.15) is 24.2 Å². The number of rotatable bonds is 5. The second-order valence-corrected chi connectivity index (χ2v) is 4.27. The highest BCUT2D eigenvalue weighted by atomic mass is 16.5. The Hall–Kier alpha value is -2.24. The van der Waals surface area contributed by atoms with Gasteiger partial charge < -0.3 is 20.3 Å². The zero-order chi connectivity index (χ0) is 14.6. The first-order chi connectivity index (χ1) is 8.86. The molecular formula is C13H17NO5. The molecule has 0 fully saturated rings. The molecular weight excluding hydrogens is 250 g/mol. The number of hydrogen-bond acceptors (Lipinski definition) is 4. The Morgan fingerprint density at radius 3 is 2.42 bits per heavy atom. The molecule has 1 aromatic rings. The van der Waals surface area contributed by atoms with Gasteiger partial charge in [-0.15, -0.1) is 0 Å². The third kappa shape index (κ3) is 3.61. The largest absolute Gasteiger partial charge is 0.507 e. The summed E-state index contributed by atoms with van der Waals surface area (Å²) in [6.45, 7) is 3.10. The topological polar surface area (TPSA) is 95.9 Å². The van der Waals surface area contributed by atoms with E-state index >= 15 is 0 Å². The van der Waals surface area contributed by atoms with Gasteiger partial charge in [-0.1, -0.05) is 0 Å². The second-order valence-electron chi connectivity index (χ2n) is 4.27. The highest BCUT2D eigenvalue weighted by Gasteiger charge is 2.22. The van der Waals surface area contributed by atoms with E-state index < -0.39 is 23.8 Å². The molecule has 6 heteroatoms. The average Bonchev–Trinajstić information content (AvgIpc) is 2.36. The van der Waals surface area contributed by atoms with Crippen molar-refractivity contribution in [2.24, 2.45) is 5.92 Å². The fraction of sp³-hybridized carbons (Fsp3) is 0.385. The molecule has 0 aromatic heterocycles. The number of carboxylic acids is 1. The Morgan fingerprint density at radius 1 is 1.32 bits per heavy atom. The van der Waals surface area contributed by atoms with Gasteiger partial charge >= 0.3 is 5.97 Å². The highest BCUT2D eigenvalue weighted by Crippen LogP contribution is 2.23. The Balaban J connectivity index is 2.81. The van der Waals surface area contributed by atoms with Crippen molar-refractivity contribution in [3.63, 3.8) is 0 Å². The molecule has 0 radical (unpaired) electrons. The first-order valence-electron chi connectivity index (χ1n) is 5.77. The molecule has 6 nitrogen and oxygen atoms in total. The van der Waals surface area contributed by atoms with Crippen molar-refractivity contribution in [2.45, 2.75) is 19.9 Å². The number of nitrogens with one attached hydrogen (secondary N) is 1. The van der Waals surface area contributed by atoms with Crippen LogP contribution >= 0.6 is 0 Å². The summed E-state index contributed by atoms with van der Waals surface area (Å²) in [6.07, 6.45) is 0. The normalized spacial score (nSPS) is 13.4. The van der Waals surface area contributed by atoms with E-state index in [0.717, 1.165) is 0 Å². The summed E-state index contributed by atoms with van der Waals surface area (Å²) in [5, 5.41) is 21.1. The molecule has 0 aliphatic heterocycles. The average molecular weight is 267 g/mol. The zero-order valence-corrected chi connectivity index (χ0v) is 11.0. The van der Waals surface area contributed by atoms with Crippen molar-refractivity contribution in [3.05, 3.63) is 23.8 Å². The van der Waals surface area contributed by atoms with Gasteiger partial charge in [0.2, 0.25) is 0 Å². The number of ether oxygens (including phenoxy) is 1. The minimum Gasteiger partial charge on any atom is -0.507 e. The molecule has 0 bridgehead atoms. The molecule has 2 unspecified atom stereocenters. The van der Waals surface area contributed by atoms with Crippen LogP contribution in [-0.4, -0.2) is 35.2 Å². The molecule has 1 aromatic carbocycles. The highest BCUT2D eigenvalue weighted by molar-refractivity contribution is 5.97. The van der Waals surface area contributed by atoms with Crippen LogP contribution < -0.4 is 10.1 Å². The summed E-state index contributed by atoms with van der Waals surface area (Å²) in [5.74, 6) is -2.02. The number of aliphatic carboxylic acids is 1. The molecule has 0 aliphatic rings. The van der Waals surface area contributed by atoms with Crippen LogP contribution in [0.3, 0.4) is 0 Å². The fourth-order valence-electron chi connectivity index (χ4n) is 1.45. The molecule has 1 amide bonds. The molecule has 1 rings (SSSR count). The van der Waals surface area contributed by atoms with Gasteiger partial charge in [0.05, 0.1) is 18.6 Å². The first kappa shape index (κ1) is 14.8. The van der Waals surface area contributed by atoms with Crippen LogP contribution in [-0.2, 0) is 4.79 Å². The second kappa shape index (κ2) is 6.08. The van der Waals surface area contributed by atoms with Crippen LogP contribution in [0.25, 0.3) is 0 Å². The van der Waals surface area contributed by atoms with Gasteiger partial charge in [-0.25, -0.2) is 0 Å². The van der Waals surface area contributed by atoms with E-state index in [4.69, 9.17) is 9.84 Å². The van der Waals surface area contributed by atoms with Crippen molar-refractivity contribution in [1.82, 2.24) is 5.32 Å². The van der Waals surface area contributed by atoms with Crippen LogP contribution in [0.15, 0.2) is 18.2 Å². The molecule has 2 atom stereocenters. The summed E-state index contributed by atoms with van der Waals surface area (Å²) in [6, 6.07) is 3.73. The summed E-state index contributed by atoms with van der Waals surface area (Å²) in [5.41, 5.74) is 0.0743. The van der Waals surface area contributed by atoms with Crippen molar-refractivity contribution in [2.75, 3.05) is 7.11 Å². The maximum atomic E-state index is 11.9. The molecule has 0 saturated heterocycles. The smallest absolute Gasteiger partial charge is 0.308 e. The lowest BCUT2D eigenvalue weighted by Gasteiger charge is -2.18. The van der Waals surface area contributed by atoms with Gasteiger partial charge in [0, 0.05) is 12.1 Å². The quantitative estimate of drug-likeness (QED) is 0.746. The molecule has 0 saturated carbocycles. The maximum absolute atomic E-state index is 11.9. The van der Waals surface area contributed by atoms with Gasteiger partial charge in [0.15, 0.2) is 0 Å². The van der Waals surface area contributed by atoms with Crippen LogP contribution in [0.2, 0.25) is 0 Å². The van der Waals surface area contributed by atoms with Crippen LogP contribution in [0, 0.1) is 5.92 Å². The lowest BCUT2D eigenvalue weighted by Crippen LogP contribution is -2.40. The van der Waals surface area contributed by atoms with Gasteiger partial charge in [0.1, 0.15) is 11.5 Å². The van der Waals surface area contributed by atoms with Gasteiger partial charge in [-0.2, -0.15) is 0 Å². The Bertz CT molecular complexity index is 486. The number of aromatic hydroxyl groups is 1. The Morgan fingerprint density at radius 2 is 1.95 bits per heavy atom. The molecule has 0 spiro atoms. The number of carbonyl (C=O) groups excluding carboxylic acids is 1. The maximum Gasteiger partial charge on any atom is 0.308 e. The third-order valence-corrected chi connectivity index (χ3v) is 2.95. The summed E-state index contributed by atoms with van der Waals surface area (Å²) >= 11 is 0. The third-order valence-electron chi connectivity index (χ3n) is 2.95. The Kier molecular flexibility index (Phi) is 4.74. The van der Waals surface area contributed by atoms with Crippen molar-refractivity contribution < 1.29 is 24.5 Å². The number of phenols is 1. The predicted molar refractivity (Wildman–Crippen MR) is 68.4 cm³/mol. The number of amides is 1. The summed E-state index contributed by atoms with van der Waals surface area (Å²) in [7, 11) is 1.45. The number of benzene rings is 1. The van der Waals surface area contributed by atoms with E-state index in [2.05, 4.69) is 5.32 Å². The van der Waals surface area contributed by atoms with E-state index in [9.17, 15) is 14.7 Å². The molecule has 104 valence electrons. The van der Waals surface area contributed by atoms with Crippen molar-refractivity contribution >= 4 is 11.9 Å². The number of carboxylic acid groups (broad SMARTS) is 1. The number of phenolic OH excluding ortho intramolecular Hbond substituents is 1. The van der Waals surface area contributed by atoms with Gasteiger partial charge in [-0.3, -0.25) is 9.59 Å². The van der Waals surface area contributed by atoms with E-state index in [0.29, 0.717) is 5.75 Å². The number of carbonyl (C=O) groups is 2. The molecule has 0 heterocycles. The van der Waals surface area contributed by atoms with E-state index in [-0.39, 0.29) is 11.3 Å². The first-order valence-corrected chi connectivity index (χ1v) is 5.77. The SMILES string of the molecule is COc1ccc(C(=O)NC(C)C(C)C(=O)O)c(O)c1. The standard InChI is InChI=1S/C13H17NO5/c1-7(13(17)18)8(2)14-12(16)10-5-4-9(19-3)6-11(10)15/h4-8,15H,1-3H3,(H,14,16)(H,17,18). The van der Waals surface area contributed by atoms with E-state index in [1.807, 2.05) is 0 Å². The molecule has 19 heavy (non-hydrogen) atoms. The number of methoxy groups -OCH3 is 1. The van der Waals surface area contributed by atoms with E-state index in [1.165, 1.54) is 26.2 Å². The lowest BCUT2D eigenvalue weighted by molar-refractivity contribution is -0.141. The van der Waals surface area contributed by atoms with Crippen molar-refractivity contribution in [1.29, 1.82) is 0 Å². The van der Waals surface area contributed by atoms with E-state index in [1.54, 1.807) is 13.0 Å². The minimum atomic E-state index is -0.994. The Labute approximate surface area is 111 Å². The van der Waals surface area contributed by atoms with Gasteiger partial charge in [0.25, 0.3) is 5.91 Å². The zero-order valence-electron chi connectivity index (χ0n) is 11.0. The van der Waals surface area contributed by atoms with Gasteiger partial charge in [-0.05, 0) is 26.0 Å². The summed E-state index contributed by atoms with van der Waals surface area (Å²) < 4.78 is 4.91. The molecule has 0 aliphatic carbocycles. The lowest BCUT2D eigenvalue weighted by atomic mass is 10.0.